The number of methoxy groups -OCH3 is 3. The van der Waals surface area contributed by atoms with E-state index in [0.717, 1.165) is 43.9 Å². The highest BCUT2D eigenvalue weighted by atomic mass is 16.5. The molecule has 158 valence electrons. The Labute approximate surface area is 176 Å². The number of aromatic nitrogens is 2. The second kappa shape index (κ2) is 9.04. The van der Waals surface area contributed by atoms with E-state index in [2.05, 4.69) is 19.9 Å². The average molecular weight is 410 g/mol. The van der Waals surface area contributed by atoms with Crippen LogP contribution in [0, 0.1) is 0 Å². The maximum atomic E-state index is 5.61. The molecule has 2 heterocycles. The molecule has 8 nitrogen and oxygen atoms in total. The van der Waals surface area contributed by atoms with Crippen LogP contribution in [0.1, 0.15) is 5.56 Å². The van der Waals surface area contributed by atoms with Crippen molar-refractivity contribution in [2.45, 2.75) is 6.54 Å². The topological polar surface area (TPSA) is 73.1 Å². The van der Waals surface area contributed by atoms with Gasteiger partial charge in [-0.1, -0.05) is 41.6 Å². The molecular weight excluding hydrogens is 384 g/mol. The summed E-state index contributed by atoms with van der Waals surface area (Å²) in [6.45, 7) is 4.13. The molecule has 0 atom stereocenters. The van der Waals surface area contributed by atoms with E-state index < -0.39 is 0 Å². The lowest BCUT2D eigenvalue weighted by Crippen LogP contribution is -2.46. The van der Waals surface area contributed by atoms with Gasteiger partial charge in [-0.05, 0) is 6.07 Å². The van der Waals surface area contributed by atoms with Crippen molar-refractivity contribution in [2.75, 3.05) is 52.4 Å². The molecule has 2 aromatic carbocycles. The van der Waals surface area contributed by atoms with Crippen molar-refractivity contribution in [1.29, 1.82) is 0 Å². The smallest absolute Gasteiger partial charge is 0.324 e. The Kier molecular flexibility index (Phi) is 6.04. The van der Waals surface area contributed by atoms with Crippen molar-refractivity contribution in [3.8, 4) is 28.6 Å². The molecule has 1 aromatic heterocycles. The summed E-state index contributed by atoms with van der Waals surface area (Å²) in [5.74, 6) is 2.61. The van der Waals surface area contributed by atoms with Gasteiger partial charge in [0.1, 0.15) is 0 Å². The van der Waals surface area contributed by atoms with Gasteiger partial charge < -0.3 is 23.6 Å². The highest BCUT2D eigenvalue weighted by Crippen LogP contribution is 2.40. The molecule has 1 aliphatic heterocycles. The number of rotatable bonds is 7. The maximum Gasteiger partial charge on any atom is 0.324 e. The van der Waals surface area contributed by atoms with Crippen LogP contribution in [0.3, 0.4) is 0 Å². The van der Waals surface area contributed by atoms with Gasteiger partial charge in [0, 0.05) is 43.9 Å². The third-order valence-electron chi connectivity index (χ3n) is 5.27. The lowest BCUT2D eigenvalue weighted by atomic mass is 10.1. The summed E-state index contributed by atoms with van der Waals surface area (Å²) >= 11 is 0. The van der Waals surface area contributed by atoms with Crippen LogP contribution in [0.2, 0.25) is 0 Å². The van der Waals surface area contributed by atoms with E-state index in [1.165, 1.54) is 0 Å². The van der Waals surface area contributed by atoms with Gasteiger partial charge in [0.15, 0.2) is 11.5 Å². The normalized spacial score (nSPS) is 14.6. The largest absolute Gasteiger partial charge is 0.493 e. The lowest BCUT2D eigenvalue weighted by Gasteiger charge is -2.33. The quantitative estimate of drug-likeness (QED) is 0.588. The van der Waals surface area contributed by atoms with E-state index in [4.69, 9.17) is 18.7 Å². The molecule has 1 saturated heterocycles. The Hall–Kier alpha value is -3.26. The van der Waals surface area contributed by atoms with Crippen LogP contribution in [0.5, 0.6) is 17.2 Å². The highest BCUT2D eigenvalue weighted by molar-refractivity contribution is 5.56. The molecule has 0 spiro atoms. The SMILES string of the molecule is COc1ccc(CN2CCN(c3nc(-c4ccccc4)no3)CC2)c(OC)c1OC. The van der Waals surface area contributed by atoms with E-state index in [1.807, 2.05) is 42.5 Å². The summed E-state index contributed by atoms with van der Waals surface area (Å²) in [4.78, 5) is 9.06. The van der Waals surface area contributed by atoms with Crippen LogP contribution in [0.25, 0.3) is 11.4 Å². The van der Waals surface area contributed by atoms with E-state index in [-0.39, 0.29) is 0 Å². The minimum atomic E-state index is 0.567. The first-order valence-electron chi connectivity index (χ1n) is 9.87. The van der Waals surface area contributed by atoms with Crippen LogP contribution in [0.15, 0.2) is 47.0 Å². The van der Waals surface area contributed by atoms with Crippen LogP contribution in [-0.2, 0) is 6.54 Å². The Morgan fingerprint density at radius 3 is 2.27 bits per heavy atom. The summed E-state index contributed by atoms with van der Waals surface area (Å²) in [5, 5.41) is 4.12. The van der Waals surface area contributed by atoms with Crippen LogP contribution in [-0.4, -0.2) is 62.5 Å². The van der Waals surface area contributed by atoms with Crippen LogP contribution in [0.4, 0.5) is 6.01 Å². The van der Waals surface area contributed by atoms with E-state index in [0.29, 0.717) is 29.1 Å². The zero-order chi connectivity index (χ0) is 20.9. The molecule has 8 heteroatoms. The molecule has 3 aromatic rings. The Bertz CT molecular complexity index is 969. The summed E-state index contributed by atoms with van der Waals surface area (Å²) in [6, 6.07) is 14.4. The van der Waals surface area contributed by atoms with Crippen molar-refractivity contribution < 1.29 is 18.7 Å². The standard InChI is InChI=1S/C22H26N4O4/c1-27-18-10-9-17(19(28-2)20(18)29-3)15-25-11-13-26(14-12-25)22-23-21(24-30-22)16-7-5-4-6-8-16/h4-10H,11-15H2,1-3H3. The molecule has 0 N–H and O–H groups in total. The first-order chi connectivity index (χ1) is 14.7. The summed E-state index contributed by atoms with van der Waals surface area (Å²) in [5.41, 5.74) is 2.01. The van der Waals surface area contributed by atoms with Gasteiger partial charge in [-0.25, -0.2) is 0 Å². The van der Waals surface area contributed by atoms with E-state index in [1.54, 1.807) is 21.3 Å². The monoisotopic (exact) mass is 410 g/mol. The Morgan fingerprint density at radius 2 is 1.60 bits per heavy atom. The second-order valence-corrected chi connectivity index (χ2v) is 7.02. The summed E-state index contributed by atoms with van der Waals surface area (Å²) < 4.78 is 22.0. The molecule has 0 aliphatic carbocycles. The fourth-order valence-electron chi connectivity index (χ4n) is 3.67. The van der Waals surface area contributed by atoms with Gasteiger partial charge in [0.05, 0.1) is 21.3 Å². The van der Waals surface area contributed by atoms with Crippen molar-refractivity contribution in [3.05, 3.63) is 48.0 Å². The third-order valence-corrected chi connectivity index (χ3v) is 5.27. The van der Waals surface area contributed by atoms with Gasteiger partial charge in [0.25, 0.3) is 0 Å². The van der Waals surface area contributed by atoms with Crippen LogP contribution >= 0.6 is 0 Å². The number of ether oxygens (including phenoxy) is 3. The zero-order valence-corrected chi connectivity index (χ0v) is 17.5. The van der Waals surface area contributed by atoms with Crippen molar-refractivity contribution >= 4 is 6.01 Å². The van der Waals surface area contributed by atoms with Gasteiger partial charge in [-0.3, -0.25) is 4.90 Å². The first kappa shape index (κ1) is 20.0. The van der Waals surface area contributed by atoms with E-state index >= 15 is 0 Å². The number of piperazine rings is 1. The summed E-state index contributed by atoms with van der Waals surface area (Å²) in [6.07, 6.45) is 0. The Morgan fingerprint density at radius 1 is 0.867 bits per heavy atom. The molecular formula is C22H26N4O4. The number of hydrogen-bond acceptors (Lipinski definition) is 8. The van der Waals surface area contributed by atoms with Crippen molar-refractivity contribution in [3.63, 3.8) is 0 Å². The molecule has 30 heavy (non-hydrogen) atoms. The predicted molar refractivity (Wildman–Crippen MR) is 113 cm³/mol. The molecule has 1 aliphatic rings. The van der Waals surface area contributed by atoms with E-state index in [9.17, 15) is 0 Å². The number of hydrogen-bond donors (Lipinski definition) is 0. The first-order valence-corrected chi connectivity index (χ1v) is 9.87. The number of benzene rings is 2. The minimum absolute atomic E-state index is 0.567. The van der Waals surface area contributed by atoms with Crippen LogP contribution < -0.4 is 19.1 Å². The maximum absolute atomic E-state index is 5.61. The molecule has 0 bridgehead atoms. The Balaban J connectivity index is 1.40. The fraction of sp³-hybridized carbons (Fsp3) is 0.364. The number of nitrogens with zero attached hydrogens (tertiary/aromatic N) is 4. The minimum Gasteiger partial charge on any atom is -0.493 e. The molecule has 0 unspecified atom stereocenters. The van der Waals surface area contributed by atoms with Gasteiger partial charge in [-0.15, -0.1) is 0 Å². The molecule has 0 saturated carbocycles. The second-order valence-electron chi connectivity index (χ2n) is 7.02. The lowest BCUT2D eigenvalue weighted by molar-refractivity contribution is 0.237. The van der Waals surface area contributed by atoms with Crippen molar-refractivity contribution in [1.82, 2.24) is 15.0 Å². The zero-order valence-electron chi connectivity index (χ0n) is 17.5. The van der Waals surface area contributed by atoms with Gasteiger partial charge >= 0.3 is 6.01 Å². The van der Waals surface area contributed by atoms with Crippen molar-refractivity contribution in [2.24, 2.45) is 0 Å². The molecule has 0 radical (unpaired) electrons. The third kappa shape index (κ3) is 4.04. The van der Waals surface area contributed by atoms with Gasteiger partial charge in [0.2, 0.25) is 11.6 Å². The number of anilines is 1. The average Bonchev–Trinajstić information content (AvgIpc) is 3.30. The fourth-order valence-corrected chi connectivity index (χ4v) is 3.67. The predicted octanol–water partition coefficient (Wildman–Crippen LogP) is 3.08. The summed E-state index contributed by atoms with van der Waals surface area (Å²) in [7, 11) is 4.90. The molecule has 0 amide bonds. The molecule has 4 rings (SSSR count). The van der Waals surface area contributed by atoms with Gasteiger partial charge in [-0.2, -0.15) is 4.98 Å². The molecule has 1 fully saturated rings. The highest BCUT2D eigenvalue weighted by Gasteiger charge is 2.24.